The van der Waals surface area contributed by atoms with Crippen molar-refractivity contribution >= 4 is 17.8 Å². The molecule has 1 aliphatic heterocycles. The standard InChI is InChI=1S/C31H37N3O4/c35-27(20-32-30(38)31-17-21-13-22(18-31)15-23(14-21)19-31)33-9-11-34(12-10-33)28(24-5-2-1-3-6-24)25-7-4-8-26(16-25)29(36)37/h1-8,16,21-23,28H,9-15,17-20H2,(H,32,38)(H,36,37). The van der Waals surface area contributed by atoms with Gasteiger partial charge < -0.3 is 15.3 Å². The van der Waals surface area contributed by atoms with Gasteiger partial charge in [0.05, 0.1) is 18.2 Å². The van der Waals surface area contributed by atoms with Crippen molar-refractivity contribution in [2.75, 3.05) is 32.7 Å². The number of nitrogens with one attached hydrogen (secondary N) is 1. The monoisotopic (exact) mass is 515 g/mol. The molecule has 0 aromatic heterocycles. The number of piperazine rings is 1. The normalized spacial score (nSPS) is 29.2. The Morgan fingerprint density at radius 2 is 1.45 bits per heavy atom. The molecule has 1 saturated heterocycles. The molecule has 2 aromatic rings. The van der Waals surface area contributed by atoms with Gasteiger partial charge in [0.1, 0.15) is 0 Å². The summed E-state index contributed by atoms with van der Waals surface area (Å²) in [5, 5.41) is 12.6. The van der Waals surface area contributed by atoms with E-state index in [2.05, 4.69) is 22.3 Å². The lowest BCUT2D eigenvalue weighted by Crippen LogP contribution is -2.56. The number of nitrogens with zero attached hydrogens (tertiary/aromatic N) is 2. The topological polar surface area (TPSA) is 89.9 Å². The van der Waals surface area contributed by atoms with Gasteiger partial charge >= 0.3 is 5.97 Å². The fourth-order valence-corrected chi connectivity index (χ4v) is 8.16. The highest BCUT2D eigenvalue weighted by molar-refractivity contribution is 5.88. The highest BCUT2D eigenvalue weighted by Gasteiger charge is 2.54. The first-order valence-corrected chi connectivity index (χ1v) is 14.1. The first-order chi connectivity index (χ1) is 18.4. The number of hydrogen-bond donors (Lipinski definition) is 2. The largest absolute Gasteiger partial charge is 0.478 e. The van der Waals surface area contributed by atoms with E-state index in [1.54, 1.807) is 18.2 Å². The van der Waals surface area contributed by atoms with Crippen LogP contribution in [-0.2, 0) is 9.59 Å². The average Bonchev–Trinajstić information content (AvgIpc) is 2.92. The van der Waals surface area contributed by atoms with Crippen molar-refractivity contribution in [1.82, 2.24) is 15.1 Å². The Kier molecular flexibility index (Phi) is 6.72. The van der Waals surface area contributed by atoms with E-state index in [0.717, 1.165) is 30.4 Å². The molecule has 1 atom stereocenters. The van der Waals surface area contributed by atoms with Crippen molar-refractivity contribution in [3.05, 3.63) is 71.3 Å². The summed E-state index contributed by atoms with van der Waals surface area (Å²) in [4.78, 5) is 42.1. The first-order valence-electron chi connectivity index (χ1n) is 14.1. The molecule has 2 amide bonds. The smallest absolute Gasteiger partial charge is 0.335 e. The molecule has 5 aliphatic rings. The Morgan fingerprint density at radius 1 is 0.842 bits per heavy atom. The fourth-order valence-electron chi connectivity index (χ4n) is 8.16. The number of rotatable bonds is 7. The van der Waals surface area contributed by atoms with Gasteiger partial charge in [-0.1, -0.05) is 42.5 Å². The number of aromatic carboxylic acids is 1. The number of amides is 2. The lowest BCUT2D eigenvalue weighted by atomic mass is 9.49. The van der Waals surface area contributed by atoms with Crippen molar-refractivity contribution in [2.45, 2.75) is 44.6 Å². The van der Waals surface area contributed by atoms with Crippen LogP contribution in [0.3, 0.4) is 0 Å². The van der Waals surface area contributed by atoms with Crippen LogP contribution in [0.4, 0.5) is 0 Å². The molecule has 4 aliphatic carbocycles. The summed E-state index contributed by atoms with van der Waals surface area (Å²) in [5.74, 6) is 1.24. The summed E-state index contributed by atoms with van der Waals surface area (Å²) in [5.41, 5.74) is 2.06. The third-order valence-corrected chi connectivity index (χ3v) is 9.52. The summed E-state index contributed by atoms with van der Waals surface area (Å²) >= 11 is 0. The Hall–Kier alpha value is -3.19. The van der Waals surface area contributed by atoms with Gasteiger partial charge in [-0.15, -0.1) is 0 Å². The molecule has 200 valence electrons. The quantitative estimate of drug-likeness (QED) is 0.583. The second-order valence-corrected chi connectivity index (χ2v) is 12.0. The SMILES string of the molecule is O=C(O)c1cccc(C(c2ccccc2)N2CCN(C(=O)CNC(=O)C34CC5CC(CC(C5)C3)C4)CC2)c1. The van der Waals surface area contributed by atoms with Crippen LogP contribution >= 0.6 is 0 Å². The number of carboxylic acids is 1. The van der Waals surface area contributed by atoms with Crippen LogP contribution in [0.25, 0.3) is 0 Å². The van der Waals surface area contributed by atoms with Gasteiger partial charge in [-0.05, 0) is 79.5 Å². The van der Waals surface area contributed by atoms with Crippen molar-refractivity contribution in [1.29, 1.82) is 0 Å². The van der Waals surface area contributed by atoms with Crippen LogP contribution in [-0.4, -0.2) is 65.4 Å². The summed E-state index contributed by atoms with van der Waals surface area (Å²) in [6, 6.07) is 17.1. The minimum Gasteiger partial charge on any atom is -0.478 e. The number of benzene rings is 2. The van der Waals surface area contributed by atoms with E-state index in [4.69, 9.17) is 0 Å². The Labute approximate surface area is 224 Å². The number of carboxylic acid groups (broad SMARTS) is 1. The highest BCUT2D eigenvalue weighted by atomic mass is 16.4. The number of carbonyl (C=O) groups is 3. The molecule has 4 bridgehead atoms. The fraction of sp³-hybridized carbons (Fsp3) is 0.516. The molecule has 5 fully saturated rings. The van der Waals surface area contributed by atoms with Gasteiger partial charge in [0.25, 0.3) is 0 Å². The Balaban J connectivity index is 1.08. The maximum Gasteiger partial charge on any atom is 0.335 e. The van der Waals surface area contributed by atoms with Crippen LogP contribution in [0, 0.1) is 23.2 Å². The highest BCUT2D eigenvalue weighted by Crippen LogP contribution is 2.60. The van der Waals surface area contributed by atoms with Crippen molar-refractivity contribution in [3.8, 4) is 0 Å². The van der Waals surface area contributed by atoms with Gasteiger partial charge in [0, 0.05) is 31.6 Å². The maximum absolute atomic E-state index is 13.3. The summed E-state index contributed by atoms with van der Waals surface area (Å²) in [6.45, 7) is 2.57. The molecule has 4 saturated carbocycles. The zero-order valence-electron chi connectivity index (χ0n) is 21.9. The van der Waals surface area contributed by atoms with E-state index in [-0.39, 0.29) is 35.4 Å². The van der Waals surface area contributed by atoms with Gasteiger partial charge in [0.2, 0.25) is 11.8 Å². The van der Waals surface area contributed by atoms with E-state index in [9.17, 15) is 19.5 Å². The predicted molar refractivity (Wildman–Crippen MR) is 143 cm³/mol. The maximum atomic E-state index is 13.3. The van der Waals surface area contributed by atoms with Crippen LogP contribution in [0.2, 0.25) is 0 Å². The molecule has 2 N–H and O–H groups in total. The van der Waals surface area contributed by atoms with Crippen molar-refractivity contribution in [3.63, 3.8) is 0 Å². The molecule has 7 nitrogen and oxygen atoms in total. The zero-order chi connectivity index (χ0) is 26.3. The van der Waals surface area contributed by atoms with Crippen molar-refractivity contribution < 1.29 is 19.5 Å². The summed E-state index contributed by atoms with van der Waals surface area (Å²) in [7, 11) is 0. The second kappa shape index (κ2) is 10.2. The van der Waals surface area contributed by atoms with Crippen LogP contribution in [0.5, 0.6) is 0 Å². The predicted octanol–water partition coefficient (Wildman–Crippen LogP) is 3.95. The molecule has 1 heterocycles. The van der Waals surface area contributed by atoms with Gasteiger partial charge in [0.15, 0.2) is 0 Å². The van der Waals surface area contributed by atoms with Gasteiger partial charge in [-0.2, -0.15) is 0 Å². The van der Waals surface area contributed by atoms with E-state index >= 15 is 0 Å². The molecular formula is C31H37N3O4. The molecule has 2 aromatic carbocycles. The van der Waals surface area contributed by atoms with Crippen molar-refractivity contribution in [2.24, 2.45) is 23.2 Å². The van der Waals surface area contributed by atoms with Crippen LogP contribution < -0.4 is 5.32 Å². The van der Waals surface area contributed by atoms with Crippen LogP contribution in [0.1, 0.15) is 66.1 Å². The lowest BCUT2D eigenvalue weighted by molar-refractivity contribution is -0.148. The lowest BCUT2D eigenvalue weighted by Gasteiger charge is -2.55. The summed E-state index contributed by atoms with van der Waals surface area (Å²) < 4.78 is 0. The van der Waals surface area contributed by atoms with Gasteiger partial charge in [-0.3, -0.25) is 14.5 Å². The Bertz CT molecular complexity index is 1170. The molecule has 38 heavy (non-hydrogen) atoms. The molecule has 7 rings (SSSR count). The van der Waals surface area contributed by atoms with E-state index < -0.39 is 5.97 Å². The molecule has 1 unspecified atom stereocenters. The molecule has 0 spiro atoms. The first kappa shape index (κ1) is 25.1. The van der Waals surface area contributed by atoms with E-state index in [0.29, 0.717) is 43.9 Å². The molecule has 7 heteroatoms. The number of carbonyl (C=O) groups excluding carboxylic acids is 2. The zero-order valence-corrected chi connectivity index (χ0v) is 21.9. The summed E-state index contributed by atoms with van der Waals surface area (Å²) in [6.07, 6.45) is 6.88. The van der Waals surface area contributed by atoms with Crippen LogP contribution in [0.15, 0.2) is 54.6 Å². The molecular weight excluding hydrogens is 478 g/mol. The second-order valence-electron chi connectivity index (χ2n) is 12.0. The minimum atomic E-state index is -0.940. The molecule has 0 radical (unpaired) electrons. The van der Waals surface area contributed by atoms with Gasteiger partial charge in [-0.25, -0.2) is 4.79 Å². The average molecular weight is 516 g/mol. The third-order valence-electron chi connectivity index (χ3n) is 9.52. The number of hydrogen-bond acceptors (Lipinski definition) is 4. The van der Waals surface area contributed by atoms with E-state index in [1.165, 1.54) is 19.3 Å². The Morgan fingerprint density at radius 3 is 2.05 bits per heavy atom. The van der Waals surface area contributed by atoms with E-state index in [1.807, 2.05) is 29.2 Å². The third kappa shape index (κ3) is 4.84. The minimum absolute atomic E-state index is 0.0214.